The van der Waals surface area contributed by atoms with Gasteiger partial charge in [-0.25, -0.2) is 18.1 Å². The molecule has 0 unspecified atom stereocenters. The SMILES string of the molecule is Cc1nc(CCCNS(=O)(=O)c2ccc(OCC(C)C)cc2)n[nH]1. The number of ether oxygens (including phenoxy) is 1. The third kappa shape index (κ3) is 5.61. The van der Waals surface area contributed by atoms with Gasteiger partial charge in [-0.1, -0.05) is 13.8 Å². The summed E-state index contributed by atoms with van der Waals surface area (Å²) in [5, 5.41) is 6.78. The topological polar surface area (TPSA) is 97.0 Å². The summed E-state index contributed by atoms with van der Waals surface area (Å²) in [5.74, 6) is 2.54. The van der Waals surface area contributed by atoms with Gasteiger partial charge in [0.15, 0.2) is 5.82 Å². The number of hydrogen-bond acceptors (Lipinski definition) is 5. The molecule has 0 amide bonds. The predicted octanol–water partition coefficient (Wildman–Crippen LogP) is 2.06. The Morgan fingerprint density at radius 1 is 1.25 bits per heavy atom. The fourth-order valence-electron chi connectivity index (χ4n) is 2.02. The van der Waals surface area contributed by atoms with Crippen LogP contribution in [-0.2, 0) is 16.4 Å². The summed E-state index contributed by atoms with van der Waals surface area (Å²) in [5.41, 5.74) is 0. The molecule has 1 heterocycles. The molecule has 8 heteroatoms. The van der Waals surface area contributed by atoms with Gasteiger partial charge in [-0.15, -0.1) is 0 Å². The predicted molar refractivity (Wildman–Crippen MR) is 91.4 cm³/mol. The maximum atomic E-state index is 12.2. The van der Waals surface area contributed by atoms with Crippen molar-refractivity contribution in [3.63, 3.8) is 0 Å². The maximum Gasteiger partial charge on any atom is 0.240 e. The average Bonchev–Trinajstić information content (AvgIpc) is 2.95. The van der Waals surface area contributed by atoms with Crippen molar-refractivity contribution >= 4 is 10.0 Å². The number of hydrogen-bond donors (Lipinski definition) is 2. The fourth-order valence-corrected chi connectivity index (χ4v) is 3.09. The van der Waals surface area contributed by atoms with Crippen molar-refractivity contribution < 1.29 is 13.2 Å². The standard InChI is InChI=1S/C16H24N4O3S/c1-12(2)11-23-14-6-8-15(9-7-14)24(21,22)17-10-4-5-16-18-13(3)19-20-16/h6-9,12,17H,4-5,10-11H2,1-3H3,(H,18,19,20). The molecule has 1 aromatic carbocycles. The zero-order chi connectivity index (χ0) is 17.6. The molecule has 0 spiro atoms. The highest BCUT2D eigenvalue weighted by Crippen LogP contribution is 2.16. The summed E-state index contributed by atoms with van der Waals surface area (Å²) in [6.45, 7) is 6.88. The van der Waals surface area contributed by atoms with E-state index in [1.54, 1.807) is 24.3 Å². The monoisotopic (exact) mass is 352 g/mol. The second-order valence-electron chi connectivity index (χ2n) is 6.01. The van der Waals surface area contributed by atoms with Crippen LogP contribution < -0.4 is 9.46 Å². The van der Waals surface area contributed by atoms with Gasteiger partial charge in [-0.05, 0) is 43.5 Å². The van der Waals surface area contributed by atoms with E-state index in [0.29, 0.717) is 43.5 Å². The van der Waals surface area contributed by atoms with Crippen LogP contribution in [0.15, 0.2) is 29.2 Å². The van der Waals surface area contributed by atoms with Crippen LogP contribution in [0.3, 0.4) is 0 Å². The van der Waals surface area contributed by atoms with Crippen molar-refractivity contribution in [2.45, 2.75) is 38.5 Å². The van der Waals surface area contributed by atoms with E-state index in [1.807, 2.05) is 6.92 Å². The zero-order valence-electron chi connectivity index (χ0n) is 14.2. The summed E-state index contributed by atoms with van der Waals surface area (Å²) < 4.78 is 32.6. The van der Waals surface area contributed by atoms with Gasteiger partial charge in [0.2, 0.25) is 10.0 Å². The first kappa shape index (κ1) is 18.4. The Labute approximate surface area is 142 Å². The lowest BCUT2D eigenvalue weighted by Gasteiger charge is -2.10. The molecule has 2 rings (SSSR count). The molecule has 0 fully saturated rings. The molecule has 0 radical (unpaired) electrons. The minimum Gasteiger partial charge on any atom is -0.493 e. The number of nitrogens with one attached hydrogen (secondary N) is 2. The molecule has 0 aliphatic rings. The highest BCUT2D eigenvalue weighted by molar-refractivity contribution is 7.89. The van der Waals surface area contributed by atoms with E-state index >= 15 is 0 Å². The first-order valence-corrected chi connectivity index (χ1v) is 9.45. The summed E-state index contributed by atoms with van der Waals surface area (Å²) in [6, 6.07) is 6.45. The molecular formula is C16H24N4O3S. The van der Waals surface area contributed by atoms with E-state index in [4.69, 9.17) is 4.74 Å². The van der Waals surface area contributed by atoms with Crippen molar-refractivity contribution in [1.29, 1.82) is 0 Å². The van der Waals surface area contributed by atoms with E-state index in [1.165, 1.54) is 0 Å². The quantitative estimate of drug-likeness (QED) is 0.673. The first-order valence-electron chi connectivity index (χ1n) is 7.97. The van der Waals surface area contributed by atoms with E-state index in [0.717, 1.165) is 5.82 Å². The van der Waals surface area contributed by atoms with Gasteiger partial charge in [0.05, 0.1) is 11.5 Å². The number of aryl methyl sites for hydroxylation is 2. The fraction of sp³-hybridized carbons (Fsp3) is 0.500. The number of sulfonamides is 1. The van der Waals surface area contributed by atoms with Gasteiger partial charge < -0.3 is 4.74 Å². The Hall–Kier alpha value is -1.93. The first-order chi connectivity index (χ1) is 11.4. The Bertz CT molecular complexity index is 739. The van der Waals surface area contributed by atoms with Crippen LogP contribution in [0.25, 0.3) is 0 Å². The molecule has 0 aliphatic heterocycles. The lowest BCUT2D eigenvalue weighted by molar-refractivity contribution is 0.271. The highest BCUT2D eigenvalue weighted by atomic mass is 32.2. The molecular weight excluding hydrogens is 328 g/mol. The lowest BCUT2D eigenvalue weighted by atomic mass is 10.2. The number of aromatic nitrogens is 3. The summed E-state index contributed by atoms with van der Waals surface area (Å²) in [7, 11) is -3.51. The van der Waals surface area contributed by atoms with E-state index in [9.17, 15) is 8.42 Å². The third-order valence-corrected chi connectivity index (χ3v) is 4.71. The van der Waals surface area contributed by atoms with Crippen LogP contribution >= 0.6 is 0 Å². The Morgan fingerprint density at radius 2 is 1.96 bits per heavy atom. The van der Waals surface area contributed by atoms with Crippen LogP contribution in [0.2, 0.25) is 0 Å². The lowest BCUT2D eigenvalue weighted by Crippen LogP contribution is -2.25. The van der Waals surface area contributed by atoms with Gasteiger partial charge in [0.25, 0.3) is 0 Å². The minimum absolute atomic E-state index is 0.230. The summed E-state index contributed by atoms with van der Waals surface area (Å²) >= 11 is 0. The molecule has 0 atom stereocenters. The van der Waals surface area contributed by atoms with Crippen LogP contribution in [0.4, 0.5) is 0 Å². The number of H-pyrrole nitrogens is 1. The smallest absolute Gasteiger partial charge is 0.240 e. The Morgan fingerprint density at radius 3 is 2.54 bits per heavy atom. The van der Waals surface area contributed by atoms with Crippen LogP contribution in [0, 0.1) is 12.8 Å². The van der Waals surface area contributed by atoms with Gasteiger partial charge >= 0.3 is 0 Å². The highest BCUT2D eigenvalue weighted by Gasteiger charge is 2.13. The van der Waals surface area contributed by atoms with Crippen molar-refractivity contribution in [2.75, 3.05) is 13.2 Å². The van der Waals surface area contributed by atoms with Gasteiger partial charge in [-0.2, -0.15) is 5.10 Å². The number of nitrogens with zero attached hydrogens (tertiary/aromatic N) is 2. The van der Waals surface area contributed by atoms with Crippen molar-refractivity contribution in [1.82, 2.24) is 19.9 Å². The zero-order valence-corrected chi connectivity index (χ0v) is 15.1. The number of aromatic amines is 1. The van der Waals surface area contributed by atoms with E-state index < -0.39 is 10.0 Å². The number of benzene rings is 1. The molecule has 7 nitrogen and oxygen atoms in total. The molecule has 1 aromatic heterocycles. The van der Waals surface area contributed by atoms with Gasteiger partial charge in [-0.3, -0.25) is 5.10 Å². The van der Waals surface area contributed by atoms with Crippen LogP contribution in [0.1, 0.15) is 31.9 Å². The maximum absolute atomic E-state index is 12.2. The molecule has 2 aromatic rings. The second-order valence-corrected chi connectivity index (χ2v) is 7.78. The molecule has 24 heavy (non-hydrogen) atoms. The van der Waals surface area contributed by atoms with Crippen LogP contribution in [0.5, 0.6) is 5.75 Å². The third-order valence-electron chi connectivity index (χ3n) is 3.23. The summed E-state index contributed by atoms with van der Waals surface area (Å²) in [6.07, 6.45) is 1.25. The van der Waals surface area contributed by atoms with Gasteiger partial charge in [0, 0.05) is 13.0 Å². The van der Waals surface area contributed by atoms with E-state index in [-0.39, 0.29) is 4.90 Å². The largest absolute Gasteiger partial charge is 0.493 e. The Kier molecular flexibility index (Phi) is 6.33. The van der Waals surface area contributed by atoms with E-state index in [2.05, 4.69) is 33.8 Å². The van der Waals surface area contributed by atoms with Crippen molar-refractivity contribution in [3.8, 4) is 5.75 Å². The van der Waals surface area contributed by atoms with Crippen molar-refractivity contribution in [3.05, 3.63) is 35.9 Å². The molecule has 2 N–H and O–H groups in total. The number of rotatable bonds is 9. The van der Waals surface area contributed by atoms with Crippen LogP contribution in [-0.4, -0.2) is 36.8 Å². The van der Waals surface area contributed by atoms with Crippen molar-refractivity contribution in [2.24, 2.45) is 5.92 Å². The molecule has 0 saturated heterocycles. The molecule has 132 valence electrons. The summed E-state index contributed by atoms with van der Waals surface area (Å²) in [4.78, 5) is 4.41. The van der Waals surface area contributed by atoms with Gasteiger partial charge in [0.1, 0.15) is 11.6 Å². The second kappa shape index (κ2) is 8.25. The minimum atomic E-state index is -3.51. The normalized spacial score (nSPS) is 11.8. The molecule has 0 saturated carbocycles. The Balaban J connectivity index is 1.83. The average molecular weight is 352 g/mol. The molecule has 0 bridgehead atoms. The molecule has 0 aliphatic carbocycles.